The molecule has 5 rings (SSSR count). The van der Waals surface area contributed by atoms with Gasteiger partial charge in [-0.05, 0) is 24.7 Å². The molecule has 2 heterocycles. The van der Waals surface area contributed by atoms with E-state index >= 15 is 0 Å². The number of H-pyrrole nitrogens is 1. The molecule has 0 aliphatic heterocycles. The van der Waals surface area contributed by atoms with Gasteiger partial charge in [-0.3, -0.25) is 9.69 Å². The summed E-state index contributed by atoms with van der Waals surface area (Å²) in [6, 6.07) is 24.1. The van der Waals surface area contributed by atoms with Crippen molar-refractivity contribution in [2.24, 2.45) is 0 Å². The summed E-state index contributed by atoms with van der Waals surface area (Å²) in [4.78, 5) is 17.8. The lowest BCUT2D eigenvalue weighted by Crippen LogP contribution is -2.17. The van der Waals surface area contributed by atoms with E-state index in [9.17, 15) is 4.79 Å². The van der Waals surface area contributed by atoms with Gasteiger partial charge in [-0.2, -0.15) is 0 Å². The lowest BCUT2D eigenvalue weighted by Gasteiger charge is -2.16. The molecule has 0 bridgehead atoms. The predicted octanol–water partition coefficient (Wildman–Crippen LogP) is 5.06. The first kappa shape index (κ1) is 16.8. The summed E-state index contributed by atoms with van der Waals surface area (Å²) in [6.07, 6.45) is 0. The van der Waals surface area contributed by atoms with Gasteiger partial charge in [-0.15, -0.1) is 0 Å². The van der Waals surface area contributed by atoms with Crippen LogP contribution in [0.1, 0.15) is 11.1 Å². The van der Waals surface area contributed by atoms with Crippen molar-refractivity contribution in [2.75, 3.05) is 7.05 Å². The third-order valence-corrected chi connectivity index (χ3v) is 5.19. The fraction of sp³-hybridized carbons (Fsp3) is 0.125. The fourth-order valence-electron chi connectivity index (χ4n) is 3.92. The first-order chi connectivity index (χ1) is 13.7. The monoisotopic (exact) mass is 368 g/mol. The molecule has 0 aliphatic rings. The molecule has 5 aromatic rings. The number of nitrogens with one attached hydrogen (secondary N) is 1. The van der Waals surface area contributed by atoms with Gasteiger partial charge in [0.2, 0.25) is 0 Å². The van der Waals surface area contributed by atoms with Gasteiger partial charge in [0.15, 0.2) is 5.58 Å². The highest BCUT2D eigenvalue weighted by Crippen LogP contribution is 2.33. The quantitative estimate of drug-likeness (QED) is 0.482. The summed E-state index contributed by atoms with van der Waals surface area (Å²) < 4.78 is 6.31. The van der Waals surface area contributed by atoms with Crippen molar-refractivity contribution >= 4 is 32.8 Å². The number of nitrogens with zero attached hydrogens (tertiary/aromatic N) is 1. The van der Waals surface area contributed by atoms with Crippen LogP contribution in [0.4, 0.5) is 0 Å². The number of aromatic nitrogens is 1. The first-order valence-corrected chi connectivity index (χ1v) is 9.38. The van der Waals surface area contributed by atoms with E-state index in [1.165, 1.54) is 5.56 Å². The lowest BCUT2D eigenvalue weighted by molar-refractivity contribution is 0.319. The number of benzene rings is 3. The SMILES string of the molecule is CN(Cc1ccccc1)Cc1cccc2c1oc1c3ccccc3c(=O)[nH]c21. The molecule has 4 heteroatoms. The number of para-hydroxylation sites is 1. The highest BCUT2D eigenvalue weighted by Gasteiger charge is 2.16. The second kappa shape index (κ2) is 6.66. The third kappa shape index (κ3) is 2.79. The van der Waals surface area contributed by atoms with E-state index in [-0.39, 0.29) is 5.56 Å². The number of aromatic amines is 1. The van der Waals surface area contributed by atoms with E-state index in [0.717, 1.165) is 46.1 Å². The first-order valence-electron chi connectivity index (χ1n) is 9.38. The van der Waals surface area contributed by atoms with Crippen LogP contribution in [-0.4, -0.2) is 16.9 Å². The van der Waals surface area contributed by atoms with E-state index in [1.807, 2.05) is 42.5 Å². The van der Waals surface area contributed by atoms with Crippen LogP contribution in [-0.2, 0) is 13.1 Å². The Hall–Kier alpha value is -3.37. The molecule has 0 spiro atoms. The number of furan rings is 1. The minimum atomic E-state index is -0.0857. The molecule has 28 heavy (non-hydrogen) atoms. The van der Waals surface area contributed by atoms with Crippen LogP contribution in [0.5, 0.6) is 0 Å². The maximum absolute atomic E-state index is 12.5. The van der Waals surface area contributed by atoms with Crippen molar-refractivity contribution in [1.29, 1.82) is 0 Å². The summed E-state index contributed by atoms with van der Waals surface area (Å²) in [6.45, 7) is 1.62. The molecule has 0 unspecified atom stereocenters. The van der Waals surface area contributed by atoms with Crippen molar-refractivity contribution < 1.29 is 4.42 Å². The Bertz CT molecular complexity index is 1350. The predicted molar refractivity (Wildman–Crippen MR) is 113 cm³/mol. The van der Waals surface area contributed by atoms with Crippen LogP contribution in [0.2, 0.25) is 0 Å². The Labute approximate surface area is 162 Å². The normalized spacial score (nSPS) is 11.8. The van der Waals surface area contributed by atoms with E-state index in [0.29, 0.717) is 5.39 Å². The Kier molecular flexibility index (Phi) is 3.99. The van der Waals surface area contributed by atoms with Gasteiger partial charge in [-0.1, -0.05) is 60.7 Å². The molecule has 4 nitrogen and oxygen atoms in total. The van der Waals surface area contributed by atoms with Crippen molar-refractivity contribution in [1.82, 2.24) is 9.88 Å². The minimum absolute atomic E-state index is 0.0857. The average molecular weight is 368 g/mol. The number of hydrogen-bond acceptors (Lipinski definition) is 3. The molecule has 1 N–H and O–H groups in total. The Morgan fingerprint density at radius 1 is 0.786 bits per heavy atom. The standard InChI is InChI=1S/C24H20N2O2/c1-26(14-16-8-3-2-4-9-16)15-17-10-7-13-20-21-23(28-22(17)20)18-11-5-6-12-19(18)24(27)25-21/h2-13H,14-15H2,1H3,(H,25,27). The molecule has 0 saturated carbocycles. The molecule has 2 aromatic heterocycles. The molecule has 3 aromatic carbocycles. The molecule has 138 valence electrons. The largest absolute Gasteiger partial charge is 0.453 e. The van der Waals surface area contributed by atoms with Crippen LogP contribution in [0.25, 0.3) is 32.8 Å². The van der Waals surface area contributed by atoms with Crippen molar-refractivity contribution in [3.63, 3.8) is 0 Å². The summed E-state index contributed by atoms with van der Waals surface area (Å²) in [5.41, 5.74) is 4.64. The zero-order chi connectivity index (χ0) is 19.1. The second-order valence-corrected chi connectivity index (χ2v) is 7.26. The fourth-order valence-corrected chi connectivity index (χ4v) is 3.92. The topological polar surface area (TPSA) is 49.2 Å². The van der Waals surface area contributed by atoms with Gasteiger partial charge >= 0.3 is 0 Å². The summed E-state index contributed by atoms with van der Waals surface area (Å²) >= 11 is 0. The third-order valence-electron chi connectivity index (χ3n) is 5.19. The van der Waals surface area contributed by atoms with Gasteiger partial charge in [0.25, 0.3) is 5.56 Å². The van der Waals surface area contributed by atoms with Gasteiger partial charge in [0, 0.05) is 29.4 Å². The van der Waals surface area contributed by atoms with Crippen molar-refractivity contribution in [3.05, 3.63) is 94.3 Å². The number of rotatable bonds is 4. The van der Waals surface area contributed by atoms with E-state index in [1.54, 1.807) is 0 Å². The molecular weight excluding hydrogens is 348 g/mol. The number of fused-ring (bicyclic) bond motifs is 5. The Morgan fingerprint density at radius 2 is 1.50 bits per heavy atom. The van der Waals surface area contributed by atoms with Crippen LogP contribution >= 0.6 is 0 Å². The molecule has 0 aliphatic carbocycles. The molecule has 0 atom stereocenters. The van der Waals surface area contributed by atoms with E-state index < -0.39 is 0 Å². The van der Waals surface area contributed by atoms with E-state index in [2.05, 4.69) is 47.3 Å². The Morgan fingerprint density at radius 3 is 2.32 bits per heavy atom. The molecular formula is C24H20N2O2. The maximum atomic E-state index is 12.5. The zero-order valence-electron chi connectivity index (χ0n) is 15.6. The average Bonchev–Trinajstić information content (AvgIpc) is 3.09. The highest BCUT2D eigenvalue weighted by atomic mass is 16.3. The summed E-state index contributed by atoms with van der Waals surface area (Å²) in [5, 5.41) is 2.45. The molecule has 0 amide bonds. The number of hydrogen-bond donors (Lipinski definition) is 1. The lowest BCUT2D eigenvalue weighted by atomic mass is 10.1. The van der Waals surface area contributed by atoms with Crippen LogP contribution in [0.3, 0.4) is 0 Å². The van der Waals surface area contributed by atoms with Gasteiger partial charge < -0.3 is 9.40 Å². The summed E-state index contributed by atoms with van der Waals surface area (Å²) in [7, 11) is 2.10. The van der Waals surface area contributed by atoms with Gasteiger partial charge in [-0.25, -0.2) is 0 Å². The second-order valence-electron chi connectivity index (χ2n) is 7.26. The van der Waals surface area contributed by atoms with Crippen molar-refractivity contribution in [3.8, 4) is 0 Å². The number of pyridine rings is 1. The van der Waals surface area contributed by atoms with E-state index in [4.69, 9.17) is 4.42 Å². The maximum Gasteiger partial charge on any atom is 0.256 e. The highest BCUT2D eigenvalue weighted by molar-refractivity contribution is 6.12. The molecule has 0 fully saturated rings. The Balaban J connectivity index is 1.61. The van der Waals surface area contributed by atoms with Gasteiger partial charge in [0.1, 0.15) is 5.58 Å². The van der Waals surface area contributed by atoms with Crippen LogP contribution < -0.4 is 5.56 Å². The van der Waals surface area contributed by atoms with Crippen molar-refractivity contribution in [2.45, 2.75) is 13.1 Å². The van der Waals surface area contributed by atoms with Crippen LogP contribution in [0, 0.1) is 0 Å². The minimum Gasteiger partial charge on any atom is -0.453 e. The summed E-state index contributed by atoms with van der Waals surface area (Å²) in [5.74, 6) is 0. The van der Waals surface area contributed by atoms with Gasteiger partial charge in [0.05, 0.1) is 10.9 Å². The molecule has 0 saturated heterocycles. The van der Waals surface area contributed by atoms with Crippen LogP contribution in [0.15, 0.2) is 82.0 Å². The molecule has 0 radical (unpaired) electrons. The zero-order valence-corrected chi connectivity index (χ0v) is 15.6. The smallest absolute Gasteiger partial charge is 0.256 e.